The third kappa shape index (κ3) is 1.95. The zero-order chi connectivity index (χ0) is 11.8. The Kier molecular flexibility index (Phi) is 2.95. The van der Waals surface area contributed by atoms with E-state index in [1.807, 2.05) is 13.8 Å². The van der Waals surface area contributed by atoms with Crippen LogP contribution in [0.25, 0.3) is 0 Å². The van der Waals surface area contributed by atoms with Crippen molar-refractivity contribution in [2.75, 3.05) is 19.8 Å². The third-order valence-electron chi connectivity index (χ3n) is 2.74. The Balaban J connectivity index is 2.24. The fourth-order valence-electron chi connectivity index (χ4n) is 1.83. The molecule has 4 nitrogen and oxygen atoms in total. The van der Waals surface area contributed by atoms with Gasteiger partial charge in [-0.05, 0) is 31.5 Å². The van der Waals surface area contributed by atoms with Crippen molar-refractivity contribution in [3.8, 4) is 0 Å². The summed E-state index contributed by atoms with van der Waals surface area (Å²) in [4.78, 5) is 14.0. The lowest BCUT2D eigenvalue weighted by atomic mass is 10.0. The smallest absolute Gasteiger partial charge is 0.259 e. The first kappa shape index (κ1) is 11.5. The number of hydrogen-bond donors (Lipinski definition) is 0. The van der Waals surface area contributed by atoms with Crippen molar-refractivity contribution in [1.29, 1.82) is 0 Å². The largest absolute Gasteiger partial charge is 0.452 e. The van der Waals surface area contributed by atoms with Gasteiger partial charge in [-0.1, -0.05) is 0 Å². The van der Waals surface area contributed by atoms with E-state index in [1.54, 1.807) is 11.0 Å². The fourth-order valence-corrected chi connectivity index (χ4v) is 2.02. The molecule has 1 saturated heterocycles. The van der Waals surface area contributed by atoms with Gasteiger partial charge in [0, 0.05) is 6.54 Å². The SMILES string of the molecule is CC1(C)COCCN1C(=O)c1ccoc1Cl. The molecule has 0 atom stereocenters. The molecule has 5 heteroatoms. The van der Waals surface area contributed by atoms with Gasteiger partial charge in [-0.25, -0.2) is 0 Å². The number of furan rings is 1. The number of ether oxygens (including phenoxy) is 1. The van der Waals surface area contributed by atoms with Crippen LogP contribution in [0, 0.1) is 0 Å². The molecule has 1 aromatic rings. The Labute approximate surface area is 99.1 Å². The van der Waals surface area contributed by atoms with Gasteiger partial charge in [0.25, 0.3) is 5.91 Å². The molecule has 0 spiro atoms. The maximum absolute atomic E-state index is 12.2. The van der Waals surface area contributed by atoms with Gasteiger partial charge in [0.05, 0.1) is 30.6 Å². The topological polar surface area (TPSA) is 42.7 Å². The van der Waals surface area contributed by atoms with E-state index in [0.29, 0.717) is 25.3 Å². The zero-order valence-corrected chi connectivity index (χ0v) is 10.1. The Morgan fingerprint density at radius 1 is 1.56 bits per heavy atom. The molecule has 0 radical (unpaired) electrons. The first-order valence-electron chi connectivity index (χ1n) is 5.15. The minimum absolute atomic E-state index is 0.105. The van der Waals surface area contributed by atoms with Crippen LogP contribution in [0.3, 0.4) is 0 Å². The number of rotatable bonds is 1. The minimum atomic E-state index is -0.310. The highest BCUT2D eigenvalue weighted by atomic mass is 35.5. The molecular formula is C11H14ClNO3. The van der Waals surface area contributed by atoms with Crippen LogP contribution in [-0.4, -0.2) is 36.1 Å². The first-order chi connectivity index (χ1) is 7.52. The van der Waals surface area contributed by atoms with Gasteiger partial charge >= 0.3 is 0 Å². The minimum Gasteiger partial charge on any atom is -0.452 e. The van der Waals surface area contributed by atoms with E-state index in [0.717, 1.165) is 0 Å². The molecule has 0 N–H and O–H groups in total. The highest BCUT2D eigenvalue weighted by Gasteiger charge is 2.35. The molecule has 0 saturated carbocycles. The van der Waals surface area contributed by atoms with Crippen LogP contribution in [-0.2, 0) is 4.74 Å². The van der Waals surface area contributed by atoms with Crippen molar-refractivity contribution in [2.24, 2.45) is 0 Å². The number of amides is 1. The maximum atomic E-state index is 12.2. The lowest BCUT2D eigenvalue weighted by Crippen LogP contribution is -2.55. The standard InChI is InChI=1S/C11H14ClNO3/c1-11(2)7-15-6-4-13(11)10(14)8-3-5-16-9(8)12/h3,5H,4,6-7H2,1-2H3. The van der Waals surface area contributed by atoms with Gasteiger partial charge < -0.3 is 14.1 Å². The van der Waals surface area contributed by atoms with Gasteiger partial charge in [-0.3, -0.25) is 4.79 Å². The Morgan fingerprint density at radius 2 is 2.31 bits per heavy atom. The van der Waals surface area contributed by atoms with Crippen LogP contribution in [0.2, 0.25) is 5.22 Å². The monoisotopic (exact) mass is 243 g/mol. The van der Waals surface area contributed by atoms with Gasteiger partial charge in [-0.2, -0.15) is 0 Å². The second kappa shape index (κ2) is 4.11. The number of morpholine rings is 1. The molecule has 1 aliphatic heterocycles. The number of nitrogens with zero attached hydrogens (tertiary/aromatic N) is 1. The summed E-state index contributed by atoms with van der Waals surface area (Å²) < 4.78 is 10.3. The molecule has 0 bridgehead atoms. The molecule has 1 aromatic heterocycles. The van der Waals surface area contributed by atoms with E-state index < -0.39 is 0 Å². The number of carbonyl (C=O) groups is 1. The fraction of sp³-hybridized carbons (Fsp3) is 0.545. The van der Waals surface area contributed by atoms with Crippen molar-refractivity contribution in [3.05, 3.63) is 23.1 Å². The maximum Gasteiger partial charge on any atom is 0.259 e. The summed E-state index contributed by atoms with van der Waals surface area (Å²) in [7, 11) is 0. The van der Waals surface area contributed by atoms with Gasteiger partial charge in [-0.15, -0.1) is 0 Å². The molecular weight excluding hydrogens is 230 g/mol. The summed E-state index contributed by atoms with van der Waals surface area (Å²) >= 11 is 5.80. The summed E-state index contributed by atoms with van der Waals surface area (Å²) in [6.45, 7) is 5.61. The Hall–Kier alpha value is -1.00. The normalized spacial score (nSPS) is 19.8. The van der Waals surface area contributed by atoms with Gasteiger partial charge in [0.15, 0.2) is 0 Å². The highest BCUT2D eigenvalue weighted by Crippen LogP contribution is 2.25. The van der Waals surface area contributed by atoms with E-state index in [9.17, 15) is 4.79 Å². The van der Waals surface area contributed by atoms with Crippen molar-refractivity contribution in [1.82, 2.24) is 4.90 Å². The van der Waals surface area contributed by atoms with E-state index in [1.165, 1.54) is 6.26 Å². The lowest BCUT2D eigenvalue weighted by Gasteiger charge is -2.41. The van der Waals surface area contributed by atoms with Crippen LogP contribution in [0.1, 0.15) is 24.2 Å². The molecule has 0 aromatic carbocycles. The van der Waals surface area contributed by atoms with Gasteiger partial charge in [0.1, 0.15) is 0 Å². The predicted molar refractivity (Wildman–Crippen MR) is 59.7 cm³/mol. The highest BCUT2D eigenvalue weighted by molar-refractivity contribution is 6.32. The Bertz CT molecular complexity index is 400. The summed E-state index contributed by atoms with van der Waals surface area (Å²) in [6.07, 6.45) is 1.42. The van der Waals surface area contributed by atoms with Gasteiger partial charge in [0.2, 0.25) is 5.22 Å². The molecule has 88 valence electrons. The van der Waals surface area contributed by atoms with E-state index in [2.05, 4.69) is 0 Å². The first-order valence-corrected chi connectivity index (χ1v) is 5.53. The van der Waals surface area contributed by atoms with Crippen LogP contribution in [0.4, 0.5) is 0 Å². The molecule has 1 aliphatic rings. The predicted octanol–water partition coefficient (Wildman–Crippen LogP) is 2.18. The van der Waals surface area contributed by atoms with Crippen molar-refractivity contribution in [2.45, 2.75) is 19.4 Å². The molecule has 1 amide bonds. The number of halogens is 1. The molecule has 1 fully saturated rings. The van der Waals surface area contributed by atoms with Crippen molar-refractivity contribution >= 4 is 17.5 Å². The summed E-state index contributed by atoms with van der Waals surface area (Å²) in [5, 5.41) is 0.146. The molecule has 2 rings (SSSR count). The summed E-state index contributed by atoms with van der Waals surface area (Å²) in [6, 6.07) is 1.59. The zero-order valence-electron chi connectivity index (χ0n) is 9.33. The van der Waals surface area contributed by atoms with E-state index in [-0.39, 0.29) is 16.7 Å². The Morgan fingerprint density at radius 3 is 2.88 bits per heavy atom. The average Bonchev–Trinajstić information content (AvgIpc) is 2.63. The number of hydrogen-bond acceptors (Lipinski definition) is 3. The van der Waals surface area contributed by atoms with Crippen LogP contribution in [0.15, 0.2) is 16.7 Å². The second-order valence-corrected chi connectivity index (χ2v) is 4.77. The summed E-state index contributed by atoms with van der Waals surface area (Å²) in [5.74, 6) is -0.105. The molecule has 16 heavy (non-hydrogen) atoms. The summed E-state index contributed by atoms with van der Waals surface area (Å²) in [5.41, 5.74) is 0.104. The van der Waals surface area contributed by atoms with Crippen LogP contribution >= 0.6 is 11.6 Å². The van der Waals surface area contributed by atoms with Crippen molar-refractivity contribution < 1.29 is 13.9 Å². The van der Waals surface area contributed by atoms with Crippen LogP contribution in [0.5, 0.6) is 0 Å². The van der Waals surface area contributed by atoms with Crippen molar-refractivity contribution in [3.63, 3.8) is 0 Å². The molecule has 0 unspecified atom stereocenters. The van der Waals surface area contributed by atoms with E-state index in [4.69, 9.17) is 20.8 Å². The van der Waals surface area contributed by atoms with Crippen LogP contribution < -0.4 is 0 Å². The molecule has 2 heterocycles. The second-order valence-electron chi connectivity index (χ2n) is 4.43. The third-order valence-corrected chi connectivity index (χ3v) is 3.03. The lowest BCUT2D eigenvalue weighted by molar-refractivity contribution is -0.0370. The average molecular weight is 244 g/mol. The quantitative estimate of drug-likeness (QED) is 0.759. The number of carbonyl (C=O) groups excluding carboxylic acids is 1. The van der Waals surface area contributed by atoms with E-state index >= 15 is 0 Å². The molecule has 0 aliphatic carbocycles.